The summed E-state index contributed by atoms with van der Waals surface area (Å²) >= 11 is 0. The topological polar surface area (TPSA) is 95.6 Å². The third-order valence-corrected chi connectivity index (χ3v) is 5.03. The van der Waals surface area contributed by atoms with Crippen LogP contribution in [0.2, 0.25) is 0 Å². The Bertz CT molecular complexity index is 933. The first-order valence-electron chi connectivity index (χ1n) is 9.17. The summed E-state index contributed by atoms with van der Waals surface area (Å²) in [4.78, 5) is 50.2. The Hall–Kier alpha value is -3.48. The summed E-state index contributed by atoms with van der Waals surface area (Å²) in [5.41, 5.74) is 1.98. The van der Waals surface area contributed by atoms with E-state index < -0.39 is 6.04 Å². The molecular weight excluding hydrogens is 358 g/mol. The van der Waals surface area contributed by atoms with Crippen molar-refractivity contribution in [2.45, 2.75) is 25.4 Å². The van der Waals surface area contributed by atoms with Gasteiger partial charge in [0, 0.05) is 12.1 Å². The number of fused-ring (bicyclic) bond motifs is 1. The number of piperidine rings is 1. The second-order valence-corrected chi connectivity index (χ2v) is 6.90. The Balaban J connectivity index is 1.43. The van der Waals surface area contributed by atoms with Gasteiger partial charge in [0.2, 0.25) is 5.91 Å². The fraction of sp³-hybridized carbons (Fsp3) is 0.238. The molecule has 2 aromatic rings. The van der Waals surface area contributed by atoms with Gasteiger partial charge in [0.05, 0.1) is 17.7 Å². The van der Waals surface area contributed by atoms with Crippen molar-refractivity contribution in [3.05, 3.63) is 70.8 Å². The van der Waals surface area contributed by atoms with E-state index >= 15 is 0 Å². The van der Waals surface area contributed by atoms with Gasteiger partial charge in [-0.15, -0.1) is 0 Å². The molecule has 1 fully saturated rings. The third kappa shape index (κ3) is 3.26. The molecule has 0 aliphatic carbocycles. The van der Waals surface area contributed by atoms with Gasteiger partial charge in [0.15, 0.2) is 0 Å². The maximum atomic E-state index is 12.4. The molecule has 2 heterocycles. The molecule has 2 aliphatic heterocycles. The summed E-state index contributed by atoms with van der Waals surface area (Å²) in [6.07, 6.45) is 1.45. The maximum Gasteiger partial charge on any atom is 0.261 e. The average molecular weight is 377 g/mol. The Morgan fingerprint density at radius 3 is 2.25 bits per heavy atom. The smallest absolute Gasteiger partial charge is 0.261 e. The number of hydrogen-bond acceptors (Lipinski definition) is 4. The van der Waals surface area contributed by atoms with E-state index in [4.69, 9.17) is 0 Å². The largest absolute Gasteiger partial charge is 0.354 e. The van der Waals surface area contributed by atoms with Crippen molar-refractivity contribution in [2.75, 3.05) is 6.54 Å². The zero-order valence-corrected chi connectivity index (χ0v) is 15.1. The van der Waals surface area contributed by atoms with Crippen LogP contribution >= 0.6 is 0 Å². The summed E-state index contributed by atoms with van der Waals surface area (Å²) in [5, 5.41) is 5.47. The molecule has 2 N–H and O–H groups in total. The standard InChI is InChI=1S/C21H19N3O4/c25-18(23-17-6-3-11-22-19(17)26)14-9-7-13(8-10-14)12-24-20(27)15-4-1-2-5-16(15)21(24)28/h1-2,4-5,7-10,17H,3,6,11-12H2,(H,22,26)(H,23,25). The minimum Gasteiger partial charge on any atom is -0.354 e. The predicted octanol–water partition coefficient (Wildman–Crippen LogP) is 1.49. The molecule has 7 heteroatoms. The van der Waals surface area contributed by atoms with Crippen molar-refractivity contribution in [1.82, 2.24) is 15.5 Å². The lowest BCUT2D eigenvalue weighted by atomic mass is 10.1. The van der Waals surface area contributed by atoms with Crippen LogP contribution < -0.4 is 10.6 Å². The lowest BCUT2D eigenvalue weighted by molar-refractivity contribution is -0.124. The van der Waals surface area contributed by atoms with E-state index in [0.717, 1.165) is 12.0 Å². The van der Waals surface area contributed by atoms with Crippen LogP contribution in [0.25, 0.3) is 0 Å². The minimum atomic E-state index is -0.515. The molecule has 142 valence electrons. The second-order valence-electron chi connectivity index (χ2n) is 6.90. The van der Waals surface area contributed by atoms with Gasteiger partial charge in [0.1, 0.15) is 6.04 Å². The zero-order valence-electron chi connectivity index (χ0n) is 15.1. The van der Waals surface area contributed by atoms with Gasteiger partial charge < -0.3 is 10.6 Å². The summed E-state index contributed by atoms with van der Waals surface area (Å²) in [5.74, 6) is -1.12. The first-order chi connectivity index (χ1) is 13.5. The molecule has 0 radical (unpaired) electrons. The average Bonchev–Trinajstić information content (AvgIpc) is 2.95. The lowest BCUT2D eigenvalue weighted by Crippen LogP contribution is -2.50. The van der Waals surface area contributed by atoms with Crippen molar-refractivity contribution in [2.24, 2.45) is 0 Å². The van der Waals surface area contributed by atoms with E-state index in [-0.39, 0.29) is 30.2 Å². The fourth-order valence-electron chi connectivity index (χ4n) is 3.48. The van der Waals surface area contributed by atoms with Gasteiger partial charge >= 0.3 is 0 Å². The van der Waals surface area contributed by atoms with E-state index in [1.165, 1.54) is 4.90 Å². The SMILES string of the molecule is O=C(NC1CCCNC1=O)c1ccc(CN2C(=O)c3ccccc3C2=O)cc1. The van der Waals surface area contributed by atoms with Crippen LogP contribution in [0.4, 0.5) is 0 Å². The van der Waals surface area contributed by atoms with Crippen LogP contribution in [0.5, 0.6) is 0 Å². The van der Waals surface area contributed by atoms with Crippen LogP contribution in [0.15, 0.2) is 48.5 Å². The minimum absolute atomic E-state index is 0.138. The van der Waals surface area contributed by atoms with Crippen LogP contribution in [0.1, 0.15) is 49.5 Å². The van der Waals surface area contributed by atoms with Crippen LogP contribution in [0.3, 0.4) is 0 Å². The molecule has 0 spiro atoms. The fourth-order valence-corrected chi connectivity index (χ4v) is 3.48. The third-order valence-electron chi connectivity index (χ3n) is 5.03. The van der Waals surface area contributed by atoms with E-state index in [2.05, 4.69) is 10.6 Å². The Kier molecular flexibility index (Phi) is 4.65. The summed E-state index contributed by atoms with van der Waals surface area (Å²) in [6, 6.07) is 12.9. The van der Waals surface area contributed by atoms with Gasteiger partial charge in [-0.3, -0.25) is 24.1 Å². The van der Waals surface area contributed by atoms with Crippen LogP contribution in [0, 0.1) is 0 Å². The van der Waals surface area contributed by atoms with E-state index in [9.17, 15) is 19.2 Å². The molecule has 0 saturated carbocycles. The predicted molar refractivity (Wildman–Crippen MR) is 101 cm³/mol. The Morgan fingerprint density at radius 1 is 1.00 bits per heavy atom. The van der Waals surface area contributed by atoms with Gasteiger partial charge in [-0.1, -0.05) is 24.3 Å². The first kappa shape index (κ1) is 17.9. The molecule has 1 atom stereocenters. The van der Waals surface area contributed by atoms with Gasteiger partial charge in [-0.05, 0) is 42.7 Å². The number of rotatable bonds is 4. The van der Waals surface area contributed by atoms with E-state index in [0.29, 0.717) is 29.7 Å². The monoisotopic (exact) mass is 377 g/mol. The van der Waals surface area contributed by atoms with Crippen molar-refractivity contribution < 1.29 is 19.2 Å². The molecule has 1 saturated heterocycles. The molecule has 4 amide bonds. The second kappa shape index (κ2) is 7.26. The molecule has 0 aromatic heterocycles. The summed E-state index contributed by atoms with van der Waals surface area (Å²) in [6.45, 7) is 0.775. The van der Waals surface area contributed by atoms with Crippen molar-refractivity contribution in [3.8, 4) is 0 Å². The van der Waals surface area contributed by atoms with Gasteiger partial charge in [-0.25, -0.2) is 0 Å². The number of benzene rings is 2. The van der Waals surface area contributed by atoms with E-state index in [1.54, 1.807) is 48.5 Å². The lowest BCUT2D eigenvalue weighted by Gasteiger charge is -2.22. The van der Waals surface area contributed by atoms with Gasteiger partial charge in [0.25, 0.3) is 17.7 Å². The summed E-state index contributed by atoms with van der Waals surface area (Å²) < 4.78 is 0. The molecule has 7 nitrogen and oxygen atoms in total. The molecular formula is C21H19N3O4. The normalized spacial score (nSPS) is 18.6. The van der Waals surface area contributed by atoms with Crippen LogP contribution in [-0.4, -0.2) is 41.1 Å². The number of carbonyl (C=O) groups excluding carboxylic acids is 4. The maximum absolute atomic E-state index is 12.4. The number of imide groups is 1. The molecule has 1 unspecified atom stereocenters. The van der Waals surface area contributed by atoms with Crippen LogP contribution in [-0.2, 0) is 11.3 Å². The molecule has 2 aliphatic rings. The van der Waals surface area contributed by atoms with E-state index in [1.807, 2.05) is 0 Å². The summed E-state index contributed by atoms with van der Waals surface area (Å²) in [7, 11) is 0. The Labute approximate surface area is 161 Å². The molecule has 4 rings (SSSR count). The van der Waals surface area contributed by atoms with Gasteiger partial charge in [-0.2, -0.15) is 0 Å². The van der Waals surface area contributed by atoms with Crippen molar-refractivity contribution in [3.63, 3.8) is 0 Å². The molecule has 28 heavy (non-hydrogen) atoms. The molecule has 2 aromatic carbocycles. The quantitative estimate of drug-likeness (QED) is 0.789. The zero-order chi connectivity index (χ0) is 19.7. The number of amides is 4. The number of nitrogens with zero attached hydrogens (tertiary/aromatic N) is 1. The highest BCUT2D eigenvalue weighted by Gasteiger charge is 2.35. The van der Waals surface area contributed by atoms with Crippen molar-refractivity contribution in [1.29, 1.82) is 0 Å². The number of carbonyl (C=O) groups is 4. The number of hydrogen-bond donors (Lipinski definition) is 2. The highest BCUT2D eigenvalue weighted by Crippen LogP contribution is 2.24. The Morgan fingerprint density at radius 2 is 1.64 bits per heavy atom. The highest BCUT2D eigenvalue weighted by molar-refractivity contribution is 6.21. The molecule has 0 bridgehead atoms. The van der Waals surface area contributed by atoms with Crippen molar-refractivity contribution >= 4 is 23.6 Å². The first-order valence-corrected chi connectivity index (χ1v) is 9.17. The highest BCUT2D eigenvalue weighted by atomic mass is 16.2. The number of nitrogens with one attached hydrogen (secondary N) is 2.